The highest BCUT2D eigenvalue weighted by molar-refractivity contribution is 6.32. The number of hydrogen-bond acceptors (Lipinski definition) is 4. The van der Waals surface area contributed by atoms with E-state index in [1.54, 1.807) is 0 Å². The second kappa shape index (κ2) is 7.42. The van der Waals surface area contributed by atoms with Crippen molar-refractivity contribution in [2.75, 3.05) is 26.0 Å². The number of nitrogens with one attached hydrogen (secondary N) is 2. The second-order valence-corrected chi connectivity index (χ2v) is 5.76. The number of nitrogens with zero attached hydrogens (tertiary/aromatic N) is 2. The minimum Gasteiger partial charge on any atom is -0.380 e. The van der Waals surface area contributed by atoms with Gasteiger partial charge in [0.1, 0.15) is 5.02 Å². The van der Waals surface area contributed by atoms with Crippen molar-refractivity contribution < 1.29 is 0 Å². The number of hydrogen-bond donors (Lipinski definition) is 2. The molecule has 0 fully saturated rings. The van der Waals surface area contributed by atoms with E-state index in [1.807, 2.05) is 14.1 Å². The number of likely N-dealkylation sites (N-methyl/N-ethyl adjacent to an activating group) is 1. The number of H-pyrrole nitrogens is 1. The molecule has 0 aliphatic carbocycles. The molecule has 0 aliphatic heterocycles. The number of rotatable bonds is 6. The van der Waals surface area contributed by atoms with Gasteiger partial charge >= 0.3 is 0 Å². The quantitative estimate of drug-likeness (QED) is 0.859. The molecule has 22 heavy (non-hydrogen) atoms. The lowest BCUT2D eigenvalue weighted by atomic mass is 10.0. The van der Waals surface area contributed by atoms with Crippen LogP contribution in [0.2, 0.25) is 5.02 Å². The molecule has 1 aromatic heterocycles. The Morgan fingerprint density at radius 1 is 1.32 bits per heavy atom. The summed E-state index contributed by atoms with van der Waals surface area (Å²) in [7, 11) is 4.05. The first-order chi connectivity index (χ1) is 10.5. The third-order valence-electron chi connectivity index (χ3n) is 3.68. The van der Waals surface area contributed by atoms with Crippen molar-refractivity contribution in [2.24, 2.45) is 0 Å². The van der Waals surface area contributed by atoms with Crippen molar-refractivity contribution in [3.8, 4) is 0 Å². The fourth-order valence-electron chi connectivity index (χ4n) is 2.29. The maximum absolute atomic E-state index is 11.5. The second-order valence-electron chi connectivity index (χ2n) is 5.38. The summed E-state index contributed by atoms with van der Waals surface area (Å²) < 4.78 is 0. The zero-order chi connectivity index (χ0) is 16.1. The summed E-state index contributed by atoms with van der Waals surface area (Å²) in [4.78, 5) is 13.6. The van der Waals surface area contributed by atoms with Crippen molar-refractivity contribution in [3.05, 3.63) is 57.0 Å². The van der Waals surface area contributed by atoms with E-state index in [9.17, 15) is 4.79 Å². The smallest absolute Gasteiger partial charge is 0.285 e. The molecule has 2 N–H and O–H groups in total. The minimum absolute atomic E-state index is 0.133. The predicted molar refractivity (Wildman–Crippen MR) is 90.6 cm³/mol. The number of halogens is 1. The minimum atomic E-state index is -0.389. The number of anilines is 1. The summed E-state index contributed by atoms with van der Waals surface area (Å²) in [6, 6.07) is 8.74. The van der Waals surface area contributed by atoms with Crippen molar-refractivity contribution in [1.82, 2.24) is 15.1 Å². The molecule has 0 spiro atoms. The van der Waals surface area contributed by atoms with Gasteiger partial charge in [0.15, 0.2) is 0 Å². The fourth-order valence-corrected chi connectivity index (χ4v) is 2.45. The first kappa shape index (κ1) is 16.5. The largest absolute Gasteiger partial charge is 0.380 e. The Balaban J connectivity index is 2.15. The van der Waals surface area contributed by atoms with Gasteiger partial charge in [-0.3, -0.25) is 4.79 Å². The number of aromatic amines is 1. The van der Waals surface area contributed by atoms with Crippen LogP contribution in [0.1, 0.15) is 24.1 Å². The SMILES string of the molecule is CCc1ccc(C(CNc2cn[nH]c(=O)c2Cl)N(C)C)cc1. The van der Waals surface area contributed by atoms with E-state index in [0.717, 1.165) is 6.42 Å². The molecule has 0 aliphatic rings. The van der Waals surface area contributed by atoms with Crippen LogP contribution in [0.5, 0.6) is 0 Å². The molecule has 0 saturated heterocycles. The van der Waals surface area contributed by atoms with E-state index < -0.39 is 0 Å². The molecule has 0 bridgehead atoms. The van der Waals surface area contributed by atoms with Crippen molar-refractivity contribution >= 4 is 17.3 Å². The lowest BCUT2D eigenvalue weighted by molar-refractivity contribution is 0.312. The molecule has 1 unspecified atom stereocenters. The van der Waals surface area contributed by atoms with Crippen LogP contribution >= 0.6 is 11.6 Å². The molecule has 2 aromatic rings. The van der Waals surface area contributed by atoms with Crippen LogP contribution in [0.25, 0.3) is 0 Å². The van der Waals surface area contributed by atoms with Crippen LogP contribution in [-0.4, -0.2) is 35.7 Å². The van der Waals surface area contributed by atoms with Gasteiger partial charge in [-0.1, -0.05) is 42.8 Å². The molecular formula is C16H21ClN4O. The van der Waals surface area contributed by atoms with E-state index in [4.69, 9.17) is 11.6 Å². The topological polar surface area (TPSA) is 61.0 Å². The summed E-state index contributed by atoms with van der Waals surface area (Å²) in [5.74, 6) is 0. The third-order valence-corrected chi connectivity index (χ3v) is 4.05. The summed E-state index contributed by atoms with van der Waals surface area (Å²) in [5, 5.41) is 9.41. The monoisotopic (exact) mass is 320 g/mol. The molecule has 6 heteroatoms. The van der Waals surface area contributed by atoms with Crippen LogP contribution in [0.3, 0.4) is 0 Å². The molecule has 2 rings (SSSR count). The third kappa shape index (κ3) is 3.87. The average Bonchev–Trinajstić information content (AvgIpc) is 2.52. The summed E-state index contributed by atoms with van der Waals surface area (Å²) >= 11 is 5.98. The lowest BCUT2D eigenvalue weighted by Crippen LogP contribution is -2.27. The van der Waals surface area contributed by atoms with Gasteiger partial charge in [0.2, 0.25) is 0 Å². The molecule has 5 nitrogen and oxygen atoms in total. The predicted octanol–water partition coefficient (Wildman–Crippen LogP) is 2.70. The van der Waals surface area contributed by atoms with Crippen molar-refractivity contribution in [1.29, 1.82) is 0 Å². The molecule has 1 heterocycles. The Hall–Kier alpha value is -1.85. The molecule has 118 valence electrons. The van der Waals surface area contributed by atoms with E-state index in [2.05, 4.69) is 51.6 Å². The molecule has 0 radical (unpaired) electrons. The molecule has 1 atom stereocenters. The van der Waals surface area contributed by atoms with Crippen LogP contribution in [0.15, 0.2) is 35.3 Å². The van der Waals surface area contributed by atoms with Gasteiger partial charge in [-0.05, 0) is 31.6 Å². The number of aryl methyl sites for hydroxylation is 1. The Morgan fingerprint density at radius 3 is 2.59 bits per heavy atom. The van der Waals surface area contributed by atoms with E-state index in [-0.39, 0.29) is 16.6 Å². The Labute approximate surface area is 135 Å². The highest BCUT2D eigenvalue weighted by Crippen LogP contribution is 2.21. The Morgan fingerprint density at radius 2 is 2.00 bits per heavy atom. The molecular weight excluding hydrogens is 300 g/mol. The van der Waals surface area contributed by atoms with Gasteiger partial charge in [0, 0.05) is 6.54 Å². The van der Waals surface area contributed by atoms with Crippen molar-refractivity contribution in [2.45, 2.75) is 19.4 Å². The first-order valence-corrected chi connectivity index (χ1v) is 7.63. The number of benzene rings is 1. The maximum Gasteiger partial charge on any atom is 0.285 e. The van der Waals surface area contributed by atoms with Crippen LogP contribution in [0, 0.1) is 0 Å². The van der Waals surface area contributed by atoms with Crippen molar-refractivity contribution in [3.63, 3.8) is 0 Å². The van der Waals surface area contributed by atoms with Gasteiger partial charge in [-0.2, -0.15) is 5.10 Å². The standard InChI is InChI=1S/C16H21ClN4O/c1-4-11-5-7-12(8-6-11)14(21(2)3)10-18-13-9-19-20-16(22)15(13)17/h5-9,14H,4,10H2,1-3H3,(H2,18,20,22). The van der Waals surface area contributed by atoms with Crippen LogP contribution in [0.4, 0.5) is 5.69 Å². The highest BCUT2D eigenvalue weighted by atomic mass is 35.5. The molecule has 0 amide bonds. The Kier molecular flexibility index (Phi) is 5.57. The van der Waals surface area contributed by atoms with Gasteiger partial charge in [-0.15, -0.1) is 0 Å². The Bertz CT molecular complexity index is 667. The maximum atomic E-state index is 11.5. The first-order valence-electron chi connectivity index (χ1n) is 7.25. The lowest BCUT2D eigenvalue weighted by Gasteiger charge is -2.25. The molecule has 1 aromatic carbocycles. The summed E-state index contributed by atoms with van der Waals surface area (Å²) in [6.07, 6.45) is 2.55. The van der Waals surface area contributed by atoms with Gasteiger partial charge in [0.25, 0.3) is 5.56 Å². The number of aromatic nitrogens is 2. The summed E-state index contributed by atoms with van der Waals surface area (Å²) in [5.41, 5.74) is 2.68. The van der Waals surface area contributed by atoms with E-state index in [0.29, 0.717) is 12.2 Å². The van der Waals surface area contributed by atoms with Gasteiger partial charge in [0.05, 0.1) is 17.9 Å². The van der Waals surface area contributed by atoms with Crippen LogP contribution < -0.4 is 10.9 Å². The zero-order valence-electron chi connectivity index (χ0n) is 13.1. The van der Waals surface area contributed by atoms with Gasteiger partial charge < -0.3 is 10.2 Å². The normalized spacial score (nSPS) is 12.4. The zero-order valence-corrected chi connectivity index (χ0v) is 13.8. The highest BCUT2D eigenvalue weighted by Gasteiger charge is 2.15. The summed E-state index contributed by atoms with van der Waals surface area (Å²) in [6.45, 7) is 2.77. The average molecular weight is 321 g/mol. The van der Waals surface area contributed by atoms with Crippen LogP contribution in [-0.2, 0) is 6.42 Å². The fraction of sp³-hybridized carbons (Fsp3) is 0.375. The van der Waals surface area contributed by atoms with Gasteiger partial charge in [-0.25, -0.2) is 5.10 Å². The molecule has 0 saturated carbocycles. The van der Waals surface area contributed by atoms with E-state index in [1.165, 1.54) is 17.3 Å². The van der Waals surface area contributed by atoms with E-state index >= 15 is 0 Å².